The summed E-state index contributed by atoms with van der Waals surface area (Å²) in [6.45, 7) is 0.431. The first-order chi connectivity index (χ1) is 6.81. The van der Waals surface area contributed by atoms with Gasteiger partial charge in [-0.25, -0.2) is 9.18 Å². The predicted octanol–water partition coefficient (Wildman–Crippen LogP) is 1.66. The van der Waals surface area contributed by atoms with E-state index in [1.165, 1.54) is 18.2 Å². The van der Waals surface area contributed by atoms with Gasteiger partial charge in [0.1, 0.15) is 17.3 Å². The minimum absolute atomic E-state index is 0.0688. The predicted molar refractivity (Wildman–Crippen MR) is 44.5 cm³/mol. The molecule has 1 aliphatic rings. The van der Waals surface area contributed by atoms with Crippen molar-refractivity contribution in [2.45, 2.75) is 6.61 Å². The molecule has 2 rings (SSSR count). The lowest BCUT2D eigenvalue weighted by Gasteiger charge is -2.17. The summed E-state index contributed by atoms with van der Waals surface area (Å²) in [5.41, 5.74) is 0.541. The van der Waals surface area contributed by atoms with Gasteiger partial charge in [-0.05, 0) is 6.07 Å². The third kappa shape index (κ3) is 1.51. The minimum Gasteiger partial charge on any atom is -0.467 e. The normalized spacial score (nSPS) is 13.8. The first-order valence-electron chi connectivity index (χ1n) is 3.92. The van der Waals surface area contributed by atoms with Gasteiger partial charge in [0.2, 0.25) is 6.08 Å². The van der Waals surface area contributed by atoms with Crippen molar-refractivity contribution in [3.05, 3.63) is 23.5 Å². The topological polar surface area (TPSA) is 47.9 Å². The Morgan fingerprint density at radius 3 is 3.14 bits per heavy atom. The zero-order valence-electron chi connectivity index (χ0n) is 7.12. The quantitative estimate of drug-likeness (QED) is 0.505. The molecule has 0 radical (unpaired) electrons. The van der Waals surface area contributed by atoms with Crippen LogP contribution >= 0.6 is 0 Å². The van der Waals surface area contributed by atoms with Gasteiger partial charge in [-0.1, -0.05) is 0 Å². The molecule has 0 fully saturated rings. The second-order valence-corrected chi connectivity index (χ2v) is 2.73. The van der Waals surface area contributed by atoms with Crippen molar-refractivity contribution < 1.29 is 18.7 Å². The molecule has 1 aliphatic heterocycles. The molecule has 0 N–H and O–H groups in total. The maximum atomic E-state index is 13.2. The molecule has 72 valence electrons. The number of ether oxygens (including phenoxy) is 2. The Bertz CT molecular complexity index is 413. The van der Waals surface area contributed by atoms with Gasteiger partial charge in [0.05, 0.1) is 6.61 Å². The van der Waals surface area contributed by atoms with E-state index in [9.17, 15) is 9.18 Å². The number of rotatable bonds is 1. The molecule has 0 atom stereocenters. The van der Waals surface area contributed by atoms with E-state index in [2.05, 4.69) is 4.99 Å². The fraction of sp³-hybridized carbons (Fsp3) is 0.222. The van der Waals surface area contributed by atoms with Gasteiger partial charge >= 0.3 is 0 Å². The number of halogens is 1. The van der Waals surface area contributed by atoms with Crippen LogP contribution in [0.1, 0.15) is 5.56 Å². The van der Waals surface area contributed by atoms with E-state index >= 15 is 0 Å². The third-order valence-electron chi connectivity index (χ3n) is 1.85. The van der Waals surface area contributed by atoms with Crippen LogP contribution in [0.2, 0.25) is 0 Å². The van der Waals surface area contributed by atoms with Crippen molar-refractivity contribution in [3.63, 3.8) is 0 Å². The summed E-state index contributed by atoms with van der Waals surface area (Å²) in [6, 6.07) is 2.60. The molecule has 0 aliphatic carbocycles. The van der Waals surface area contributed by atoms with Gasteiger partial charge in [0.25, 0.3) is 0 Å². The van der Waals surface area contributed by atoms with Crippen LogP contribution in [0.4, 0.5) is 10.1 Å². The molecular weight excluding hydrogens is 189 g/mol. The van der Waals surface area contributed by atoms with Gasteiger partial charge in [0.15, 0.2) is 6.79 Å². The Morgan fingerprint density at radius 2 is 2.36 bits per heavy atom. The first-order valence-corrected chi connectivity index (χ1v) is 3.92. The van der Waals surface area contributed by atoms with Crippen LogP contribution in [0.3, 0.4) is 0 Å². The van der Waals surface area contributed by atoms with Crippen molar-refractivity contribution in [2.24, 2.45) is 4.99 Å². The van der Waals surface area contributed by atoms with E-state index in [4.69, 9.17) is 9.47 Å². The maximum absolute atomic E-state index is 13.2. The van der Waals surface area contributed by atoms with Gasteiger partial charge in [-0.3, -0.25) is 0 Å². The van der Waals surface area contributed by atoms with Gasteiger partial charge in [-0.2, -0.15) is 4.99 Å². The van der Waals surface area contributed by atoms with Crippen LogP contribution in [0.5, 0.6) is 5.75 Å². The molecule has 14 heavy (non-hydrogen) atoms. The van der Waals surface area contributed by atoms with Crippen molar-refractivity contribution in [1.29, 1.82) is 0 Å². The molecule has 0 bridgehead atoms. The highest BCUT2D eigenvalue weighted by molar-refractivity contribution is 5.54. The number of carbonyl (C=O) groups excluding carboxylic acids is 1. The largest absolute Gasteiger partial charge is 0.467 e. The highest BCUT2D eigenvalue weighted by Gasteiger charge is 2.14. The number of isocyanates is 1. The molecule has 0 unspecified atom stereocenters. The van der Waals surface area contributed by atoms with Crippen LogP contribution < -0.4 is 4.74 Å². The molecule has 0 saturated carbocycles. The van der Waals surface area contributed by atoms with E-state index < -0.39 is 5.82 Å². The lowest BCUT2D eigenvalue weighted by atomic mass is 10.1. The van der Waals surface area contributed by atoms with Gasteiger partial charge in [-0.15, -0.1) is 0 Å². The Balaban J connectivity index is 2.50. The zero-order chi connectivity index (χ0) is 9.97. The van der Waals surface area contributed by atoms with Gasteiger partial charge in [0, 0.05) is 11.6 Å². The summed E-state index contributed by atoms with van der Waals surface area (Å²) in [7, 11) is 0. The highest BCUT2D eigenvalue weighted by Crippen LogP contribution is 2.30. The summed E-state index contributed by atoms with van der Waals surface area (Å²) in [5.74, 6) is -0.0900. The summed E-state index contributed by atoms with van der Waals surface area (Å²) in [5, 5.41) is 0. The smallest absolute Gasteiger partial charge is 0.240 e. The van der Waals surface area contributed by atoms with Crippen molar-refractivity contribution in [3.8, 4) is 5.75 Å². The molecule has 1 aromatic carbocycles. The van der Waals surface area contributed by atoms with Crippen LogP contribution in [-0.4, -0.2) is 12.9 Å². The van der Waals surface area contributed by atoms with E-state index in [1.807, 2.05) is 0 Å². The fourth-order valence-corrected chi connectivity index (χ4v) is 1.22. The van der Waals surface area contributed by atoms with Crippen LogP contribution in [0.25, 0.3) is 0 Å². The van der Waals surface area contributed by atoms with E-state index in [1.54, 1.807) is 0 Å². The highest BCUT2D eigenvalue weighted by atomic mass is 19.1. The molecule has 1 heterocycles. The fourth-order valence-electron chi connectivity index (χ4n) is 1.22. The summed E-state index contributed by atoms with van der Waals surface area (Å²) in [4.78, 5) is 13.2. The lowest BCUT2D eigenvalue weighted by molar-refractivity contribution is -0.0165. The van der Waals surface area contributed by atoms with E-state index in [-0.39, 0.29) is 12.5 Å². The summed E-state index contributed by atoms with van der Waals surface area (Å²) >= 11 is 0. The summed E-state index contributed by atoms with van der Waals surface area (Å²) < 4.78 is 23.2. The number of hydrogen-bond acceptors (Lipinski definition) is 4. The molecular formula is C9H6FNO3. The average Bonchev–Trinajstić information content (AvgIpc) is 2.19. The van der Waals surface area contributed by atoms with Crippen LogP contribution in [-0.2, 0) is 16.1 Å². The lowest BCUT2D eigenvalue weighted by Crippen LogP contribution is -2.11. The minimum atomic E-state index is -0.582. The molecule has 0 spiro atoms. The number of hydrogen-bond donors (Lipinski definition) is 0. The van der Waals surface area contributed by atoms with Gasteiger partial charge < -0.3 is 9.47 Å². The first kappa shape index (κ1) is 8.87. The molecule has 5 heteroatoms. The van der Waals surface area contributed by atoms with E-state index in [0.29, 0.717) is 17.9 Å². The second-order valence-electron chi connectivity index (χ2n) is 2.73. The van der Waals surface area contributed by atoms with E-state index in [0.717, 1.165) is 0 Å². The molecule has 0 amide bonds. The second kappa shape index (κ2) is 3.57. The third-order valence-corrected chi connectivity index (χ3v) is 1.85. The monoisotopic (exact) mass is 195 g/mol. The van der Waals surface area contributed by atoms with Crippen LogP contribution in [0, 0.1) is 5.82 Å². The SMILES string of the molecule is O=C=Nc1cc2c(cc1F)COCO2. The average molecular weight is 195 g/mol. The number of fused-ring (bicyclic) bond motifs is 1. The Kier molecular flexibility index (Phi) is 2.26. The zero-order valence-corrected chi connectivity index (χ0v) is 7.12. The standard InChI is InChI=1S/C9H6FNO3/c10-7-1-6-3-13-5-14-9(6)2-8(7)11-4-12/h1-2H,3,5H2. The number of aliphatic imine (C=N–C) groups is 1. The Labute approximate surface area is 79.0 Å². The maximum Gasteiger partial charge on any atom is 0.240 e. The Hall–Kier alpha value is -1.71. The van der Waals surface area contributed by atoms with Crippen LogP contribution in [0.15, 0.2) is 17.1 Å². The molecule has 0 saturated heterocycles. The molecule has 4 nitrogen and oxygen atoms in total. The molecule has 0 aromatic heterocycles. The number of benzene rings is 1. The van der Waals surface area contributed by atoms with Crippen molar-refractivity contribution in [2.75, 3.05) is 6.79 Å². The molecule has 1 aromatic rings. The van der Waals surface area contributed by atoms with Crippen molar-refractivity contribution in [1.82, 2.24) is 0 Å². The number of nitrogens with zero attached hydrogens (tertiary/aromatic N) is 1. The summed E-state index contributed by atoms with van der Waals surface area (Å²) in [6.07, 6.45) is 1.28. The Morgan fingerprint density at radius 1 is 1.50 bits per heavy atom. The van der Waals surface area contributed by atoms with Crippen molar-refractivity contribution >= 4 is 11.8 Å².